The van der Waals surface area contributed by atoms with Gasteiger partial charge in [-0.15, -0.1) is 0 Å². The molecule has 0 aliphatic heterocycles. The van der Waals surface area contributed by atoms with E-state index in [0.717, 1.165) is 33.5 Å². The van der Waals surface area contributed by atoms with Gasteiger partial charge in [-0.25, -0.2) is 0 Å². The largest absolute Gasteiger partial charge is 0.508 e. The van der Waals surface area contributed by atoms with Gasteiger partial charge >= 0.3 is 0 Å². The van der Waals surface area contributed by atoms with Gasteiger partial charge in [-0.2, -0.15) is 0 Å². The van der Waals surface area contributed by atoms with E-state index in [9.17, 15) is 10.2 Å². The number of aryl methyl sites for hydroxylation is 1. The Morgan fingerprint density at radius 1 is 0.793 bits per heavy atom. The molecule has 0 saturated carbocycles. The maximum atomic E-state index is 10.4. The molecular formula is C25H21NO3. The predicted molar refractivity (Wildman–Crippen MR) is 114 cm³/mol. The maximum absolute atomic E-state index is 10.4. The molecule has 0 aliphatic carbocycles. The van der Waals surface area contributed by atoms with E-state index in [2.05, 4.69) is 4.98 Å². The molecule has 2 N–H and O–H groups in total. The van der Waals surface area contributed by atoms with Crippen LogP contribution in [0.15, 0.2) is 85.1 Å². The molecule has 1 aromatic heterocycles. The van der Waals surface area contributed by atoms with Crippen LogP contribution in [0.4, 0.5) is 0 Å². The smallest absolute Gasteiger partial charge is 0.161 e. The molecule has 0 spiro atoms. The fourth-order valence-corrected chi connectivity index (χ4v) is 3.21. The third-order valence-corrected chi connectivity index (χ3v) is 4.75. The van der Waals surface area contributed by atoms with Crippen molar-refractivity contribution in [3.8, 4) is 39.6 Å². The Labute approximate surface area is 169 Å². The number of hydrogen-bond acceptors (Lipinski definition) is 4. The molecular weight excluding hydrogens is 362 g/mol. The minimum absolute atomic E-state index is 0.0854. The summed E-state index contributed by atoms with van der Waals surface area (Å²) in [6.07, 6.45) is 1.80. The van der Waals surface area contributed by atoms with Crippen molar-refractivity contribution in [2.45, 2.75) is 13.5 Å². The number of pyridine rings is 1. The lowest BCUT2D eigenvalue weighted by Gasteiger charge is -2.12. The molecule has 0 radical (unpaired) electrons. The van der Waals surface area contributed by atoms with E-state index in [0.29, 0.717) is 12.4 Å². The summed E-state index contributed by atoms with van der Waals surface area (Å²) in [5, 5.41) is 19.9. The van der Waals surface area contributed by atoms with Crippen LogP contribution in [0.5, 0.6) is 17.2 Å². The first-order valence-electron chi connectivity index (χ1n) is 9.36. The summed E-state index contributed by atoms with van der Waals surface area (Å²) in [6, 6.07) is 24.2. The molecule has 3 aromatic carbocycles. The van der Waals surface area contributed by atoms with E-state index in [1.165, 1.54) is 0 Å². The highest BCUT2D eigenvalue weighted by molar-refractivity contribution is 5.71. The van der Waals surface area contributed by atoms with Gasteiger partial charge in [0.25, 0.3) is 0 Å². The molecule has 0 fully saturated rings. The number of ether oxygens (including phenoxy) is 1. The number of hydrogen-bond donors (Lipinski definition) is 2. The number of phenols is 2. The van der Waals surface area contributed by atoms with E-state index in [1.807, 2.05) is 61.5 Å². The second kappa shape index (κ2) is 8.07. The monoisotopic (exact) mass is 383 g/mol. The Hall–Kier alpha value is -3.79. The van der Waals surface area contributed by atoms with Crippen LogP contribution in [0.2, 0.25) is 0 Å². The molecule has 4 heteroatoms. The topological polar surface area (TPSA) is 62.6 Å². The third kappa shape index (κ3) is 4.22. The molecule has 4 aromatic rings. The number of aromatic hydroxyl groups is 2. The highest BCUT2D eigenvalue weighted by atomic mass is 16.5. The van der Waals surface area contributed by atoms with E-state index >= 15 is 0 Å². The van der Waals surface area contributed by atoms with Crippen LogP contribution in [-0.2, 0) is 6.61 Å². The quantitative estimate of drug-likeness (QED) is 0.463. The Morgan fingerprint density at radius 2 is 1.52 bits per heavy atom. The van der Waals surface area contributed by atoms with Crippen molar-refractivity contribution >= 4 is 0 Å². The van der Waals surface area contributed by atoms with Gasteiger partial charge in [-0.3, -0.25) is 4.98 Å². The van der Waals surface area contributed by atoms with Crippen molar-refractivity contribution in [1.82, 2.24) is 4.98 Å². The number of aromatic nitrogens is 1. The minimum atomic E-state index is 0.0854. The first-order chi connectivity index (χ1) is 14.1. The van der Waals surface area contributed by atoms with Crippen molar-refractivity contribution in [3.05, 3.63) is 96.2 Å². The van der Waals surface area contributed by atoms with Gasteiger partial charge in [-0.1, -0.05) is 42.5 Å². The lowest BCUT2D eigenvalue weighted by atomic mass is 10.0. The number of phenolic OH excluding ortho intramolecular Hbond substituents is 2. The molecule has 0 unspecified atom stereocenters. The molecule has 0 saturated heterocycles. The zero-order valence-electron chi connectivity index (χ0n) is 16.0. The van der Waals surface area contributed by atoms with E-state index in [1.54, 1.807) is 30.5 Å². The molecule has 29 heavy (non-hydrogen) atoms. The normalized spacial score (nSPS) is 10.7. The zero-order valence-corrected chi connectivity index (χ0v) is 16.0. The van der Waals surface area contributed by atoms with Crippen LogP contribution >= 0.6 is 0 Å². The van der Waals surface area contributed by atoms with Crippen molar-refractivity contribution in [2.24, 2.45) is 0 Å². The van der Waals surface area contributed by atoms with Crippen LogP contribution in [-0.4, -0.2) is 15.2 Å². The average Bonchev–Trinajstić information content (AvgIpc) is 2.74. The molecule has 144 valence electrons. The van der Waals surface area contributed by atoms with E-state index in [4.69, 9.17) is 4.74 Å². The summed E-state index contributed by atoms with van der Waals surface area (Å²) in [5.74, 6) is 0.762. The standard InChI is InChI=1S/C25H21NO3/c1-17-13-21(19-7-10-22(27)11-8-19)15-26-25(17)20-9-12-24(23(28)14-20)29-16-18-5-3-2-4-6-18/h2-15,27-28H,16H2,1H3. The highest BCUT2D eigenvalue weighted by Crippen LogP contribution is 2.33. The third-order valence-electron chi connectivity index (χ3n) is 4.75. The number of benzene rings is 3. The van der Waals surface area contributed by atoms with Gasteiger partial charge in [0.05, 0.1) is 5.69 Å². The molecule has 0 bridgehead atoms. The van der Waals surface area contributed by atoms with Crippen molar-refractivity contribution in [2.75, 3.05) is 0 Å². The number of nitrogens with zero attached hydrogens (tertiary/aromatic N) is 1. The fourth-order valence-electron chi connectivity index (χ4n) is 3.21. The Bertz CT molecular complexity index is 1120. The predicted octanol–water partition coefficient (Wildman–Crippen LogP) is 5.71. The summed E-state index contributed by atoms with van der Waals surface area (Å²) in [7, 11) is 0. The Balaban J connectivity index is 1.55. The molecule has 4 nitrogen and oxygen atoms in total. The van der Waals surface area contributed by atoms with Crippen LogP contribution in [0.1, 0.15) is 11.1 Å². The fraction of sp³-hybridized carbons (Fsp3) is 0.0800. The Morgan fingerprint density at radius 3 is 2.21 bits per heavy atom. The second-order valence-corrected chi connectivity index (χ2v) is 6.89. The van der Waals surface area contributed by atoms with Gasteiger partial charge in [0.1, 0.15) is 12.4 Å². The van der Waals surface area contributed by atoms with E-state index < -0.39 is 0 Å². The van der Waals surface area contributed by atoms with Crippen LogP contribution < -0.4 is 4.74 Å². The minimum Gasteiger partial charge on any atom is -0.508 e. The first kappa shape index (κ1) is 18.6. The maximum Gasteiger partial charge on any atom is 0.161 e. The summed E-state index contributed by atoms with van der Waals surface area (Å²) in [6.45, 7) is 2.38. The summed E-state index contributed by atoms with van der Waals surface area (Å²) in [4.78, 5) is 4.60. The first-order valence-corrected chi connectivity index (χ1v) is 9.36. The lowest BCUT2D eigenvalue weighted by molar-refractivity contribution is 0.289. The number of rotatable bonds is 5. The van der Waals surface area contributed by atoms with Crippen molar-refractivity contribution < 1.29 is 14.9 Å². The van der Waals surface area contributed by atoms with Crippen LogP contribution in [0, 0.1) is 6.92 Å². The van der Waals surface area contributed by atoms with Crippen molar-refractivity contribution in [1.29, 1.82) is 0 Å². The molecule has 1 heterocycles. The second-order valence-electron chi connectivity index (χ2n) is 6.89. The van der Waals surface area contributed by atoms with Gasteiger partial charge in [0, 0.05) is 17.3 Å². The van der Waals surface area contributed by atoms with Gasteiger partial charge in [0.15, 0.2) is 11.5 Å². The highest BCUT2D eigenvalue weighted by Gasteiger charge is 2.10. The van der Waals surface area contributed by atoms with Gasteiger partial charge in [0.2, 0.25) is 0 Å². The van der Waals surface area contributed by atoms with Gasteiger partial charge < -0.3 is 14.9 Å². The van der Waals surface area contributed by atoms with Gasteiger partial charge in [-0.05, 0) is 60.0 Å². The molecule has 0 amide bonds. The van der Waals surface area contributed by atoms with E-state index in [-0.39, 0.29) is 11.5 Å². The summed E-state index contributed by atoms with van der Waals surface area (Å²) in [5.41, 5.74) is 5.61. The summed E-state index contributed by atoms with van der Waals surface area (Å²) >= 11 is 0. The van der Waals surface area contributed by atoms with Crippen LogP contribution in [0.25, 0.3) is 22.4 Å². The molecule has 0 aliphatic rings. The molecule has 0 atom stereocenters. The lowest BCUT2D eigenvalue weighted by Crippen LogP contribution is -1.96. The zero-order chi connectivity index (χ0) is 20.2. The Kier molecular flexibility index (Phi) is 5.16. The van der Waals surface area contributed by atoms with Crippen molar-refractivity contribution in [3.63, 3.8) is 0 Å². The summed E-state index contributed by atoms with van der Waals surface area (Å²) < 4.78 is 5.74. The molecule has 4 rings (SSSR count). The van der Waals surface area contributed by atoms with Crippen LogP contribution in [0.3, 0.4) is 0 Å². The SMILES string of the molecule is Cc1cc(-c2ccc(O)cc2)cnc1-c1ccc(OCc2ccccc2)c(O)c1. The average molecular weight is 383 g/mol.